The highest BCUT2D eigenvalue weighted by molar-refractivity contribution is 5.72. The van der Waals surface area contributed by atoms with Gasteiger partial charge in [-0.25, -0.2) is 4.98 Å². The highest BCUT2D eigenvalue weighted by atomic mass is 16.4. The first kappa shape index (κ1) is 12.2. The summed E-state index contributed by atoms with van der Waals surface area (Å²) in [5.74, 6) is -0.182. The number of oxazole rings is 1. The zero-order valence-electron chi connectivity index (χ0n) is 10.7. The van der Waals surface area contributed by atoms with E-state index >= 15 is 0 Å². The molecule has 1 aliphatic heterocycles. The largest absolute Gasteiger partial charge is 0.481 e. The van der Waals surface area contributed by atoms with Crippen molar-refractivity contribution < 1.29 is 14.3 Å². The van der Waals surface area contributed by atoms with Gasteiger partial charge < -0.3 is 9.52 Å². The average molecular weight is 260 g/mol. The number of carboxylic acid groups (broad SMARTS) is 1. The van der Waals surface area contributed by atoms with Crippen molar-refractivity contribution in [2.24, 2.45) is 11.8 Å². The molecule has 19 heavy (non-hydrogen) atoms. The van der Waals surface area contributed by atoms with E-state index in [1.54, 1.807) is 0 Å². The first-order valence-electron chi connectivity index (χ1n) is 6.43. The smallest absolute Gasteiger partial charge is 0.308 e. The van der Waals surface area contributed by atoms with Crippen LogP contribution in [0.4, 0.5) is 0 Å². The third-order valence-electron chi connectivity index (χ3n) is 3.70. The normalized spacial score (nSPS) is 24.1. The molecule has 0 radical (unpaired) electrons. The third kappa shape index (κ3) is 2.33. The van der Waals surface area contributed by atoms with Crippen LogP contribution in [0.5, 0.6) is 0 Å². The molecule has 1 fully saturated rings. The van der Waals surface area contributed by atoms with E-state index in [2.05, 4.69) is 9.88 Å². The Bertz CT molecular complexity index is 575. The van der Waals surface area contributed by atoms with Crippen LogP contribution in [0.25, 0.3) is 11.1 Å². The number of fused-ring (bicyclic) bond motifs is 1. The third-order valence-corrected chi connectivity index (χ3v) is 3.70. The number of carbonyl (C=O) groups is 1. The molecule has 3 rings (SSSR count). The molecule has 2 atom stereocenters. The zero-order chi connectivity index (χ0) is 13.4. The second-order valence-corrected chi connectivity index (χ2v) is 5.19. The molecule has 0 amide bonds. The average Bonchev–Trinajstić information content (AvgIpc) is 2.92. The van der Waals surface area contributed by atoms with Crippen LogP contribution in [0.3, 0.4) is 0 Å². The topological polar surface area (TPSA) is 66.6 Å². The fourth-order valence-electron chi connectivity index (χ4n) is 2.70. The molecule has 2 heterocycles. The summed E-state index contributed by atoms with van der Waals surface area (Å²) >= 11 is 0. The molecule has 0 aliphatic carbocycles. The fourth-order valence-corrected chi connectivity index (χ4v) is 2.70. The number of aromatic nitrogens is 1. The number of hydrogen-bond donors (Lipinski definition) is 1. The van der Waals surface area contributed by atoms with Crippen LogP contribution in [0.2, 0.25) is 0 Å². The van der Waals surface area contributed by atoms with Gasteiger partial charge in [0.05, 0.1) is 12.5 Å². The van der Waals surface area contributed by atoms with Crippen LogP contribution in [0.1, 0.15) is 12.8 Å². The number of para-hydroxylation sites is 2. The van der Waals surface area contributed by atoms with Gasteiger partial charge in [-0.2, -0.15) is 0 Å². The lowest BCUT2D eigenvalue weighted by atomic mass is 9.99. The summed E-state index contributed by atoms with van der Waals surface area (Å²) in [5.41, 5.74) is 1.62. The van der Waals surface area contributed by atoms with Crippen LogP contribution < -0.4 is 0 Å². The van der Waals surface area contributed by atoms with Crippen molar-refractivity contribution in [3.8, 4) is 0 Å². The molecule has 1 N–H and O–H groups in total. The summed E-state index contributed by atoms with van der Waals surface area (Å²) in [5, 5.41) is 9.12. The fraction of sp³-hybridized carbons (Fsp3) is 0.429. The van der Waals surface area contributed by atoms with E-state index in [1.807, 2.05) is 31.2 Å². The van der Waals surface area contributed by atoms with Gasteiger partial charge in [0.1, 0.15) is 5.52 Å². The quantitative estimate of drug-likeness (QED) is 0.914. The monoisotopic (exact) mass is 260 g/mol. The van der Waals surface area contributed by atoms with Gasteiger partial charge in [0.15, 0.2) is 5.58 Å². The number of carboxylic acids is 1. The Kier molecular flexibility index (Phi) is 2.98. The Morgan fingerprint density at radius 2 is 2.26 bits per heavy atom. The summed E-state index contributed by atoms with van der Waals surface area (Å²) in [6.45, 7) is 3.89. The zero-order valence-corrected chi connectivity index (χ0v) is 10.7. The van der Waals surface area contributed by atoms with Crippen molar-refractivity contribution in [3.05, 3.63) is 30.2 Å². The summed E-state index contributed by atoms with van der Waals surface area (Å²) in [6, 6.07) is 7.64. The maximum atomic E-state index is 11.1. The van der Waals surface area contributed by atoms with Gasteiger partial charge >= 0.3 is 5.97 Å². The van der Waals surface area contributed by atoms with Crippen LogP contribution >= 0.6 is 0 Å². The Hall–Kier alpha value is -1.88. The minimum Gasteiger partial charge on any atom is -0.481 e. The predicted molar refractivity (Wildman–Crippen MR) is 69.6 cm³/mol. The van der Waals surface area contributed by atoms with E-state index in [9.17, 15) is 4.79 Å². The number of benzene rings is 1. The van der Waals surface area contributed by atoms with E-state index < -0.39 is 5.97 Å². The van der Waals surface area contributed by atoms with Crippen molar-refractivity contribution in [3.63, 3.8) is 0 Å². The molecule has 2 aromatic rings. The van der Waals surface area contributed by atoms with Crippen molar-refractivity contribution in [2.45, 2.75) is 13.5 Å². The lowest BCUT2D eigenvalue weighted by Gasteiger charge is -2.11. The summed E-state index contributed by atoms with van der Waals surface area (Å²) in [6.07, 6.45) is 0. The SMILES string of the molecule is CC1CN(Cc2nc3ccccc3o2)CC1C(=O)O. The maximum Gasteiger partial charge on any atom is 0.308 e. The highest BCUT2D eigenvalue weighted by Gasteiger charge is 2.35. The molecule has 0 bridgehead atoms. The molecular weight excluding hydrogens is 244 g/mol. The molecule has 1 aromatic carbocycles. The first-order chi connectivity index (χ1) is 9.13. The minimum absolute atomic E-state index is 0.168. The molecule has 5 heteroatoms. The maximum absolute atomic E-state index is 11.1. The number of aliphatic carboxylic acids is 1. The minimum atomic E-state index is -0.715. The summed E-state index contributed by atoms with van der Waals surface area (Å²) < 4.78 is 5.66. The van der Waals surface area contributed by atoms with Gasteiger partial charge in [-0.3, -0.25) is 9.69 Å². The van der Waals surface area contributed by atoms with Gasteiger partial charge in [0.2, 0.25) is 5.89 Å². The highest BCUT2D eigenvalue weighted by Crippen LogP contribution is 2.25. The Morgan fingerprint density at radius 1 is 1.47 bits per heavy atom. The van der Waals surface area contributed by atoms with Crippen LogP contribution in [0, 0.1) is 11.8 Å². The van der Waals surface area contributed by atoms with Gasteiger partial charge in [0, 0.05) is 13.1 Å². The summed E-state index contributed by atoms with van der Waals surface area (Å²) in [4.78, 5) is 17.6. The molecule has 5 nitrogen and oxygen atoms in total. The first-order valence-corrected chi connectivity index (χ1v) is 6.43. The Labute approximate surface area is 110 Å². The molecule has 0 saturated carbocycles. The van der Waals surface area contributed by atoms with E-state index in [1.165, 1.54) is 0 Å². The van der Waals surface area contributed by atoms with E-state index in [0.29, 0.717) is 19.0 Å². The van der Waals surface area contributed by atoms with Crippen LogP contribution in [0.15, 0.2) is 28.7 Å². The van der Waals surface area contributed by atoms with Crippen molar-refractivity contribution >= 4 is 17.1 Å². The predicted octanol–water partition coefficient (Wildman–Crippen LogP) is 1.98. The van der Waals surface area contributed by atoms with Gasteiger partial charge in [0.25, 0.3) is 0 Å². The van der Waals surface area contributed by atoms with Gasteiger partial charge in [-0.1, -0.05) is 19.1 Å². The number of hydrogen-bond acceptors (Lipinski definition) is 4. The Morgan fingerprint density at radius 3 is 2.95 bits per heavy atom. The van der Waals surface area contributed by atoms with Gasteiger partial charge in [-0.05, 0) is 18.1 Å². The van der Waals surface area contributed by atoms with Crippen LogP contribution in [-0.2, 0) is 11.3 Å². The molecule has 0 spiro atoms. The van der Waals surface area contributed by atoms with E-state index in [4.69, 9.17) is 9.52 Å². The Balaban J connectivity index is 1.74. The standard InChI is InChI=1S/C14H16N2O3/c1-9-6-16(7-10(9)14(17)18)8-13-15-11-4-2-3-5-12(11)19-13/h2-5,9-10H,6-8H2,1H3,(H,17,18). The van der Waals surface area contributed by atoms with Gasteiger partial charge in [-0.15, -0.1) is 0 Å². The second-order valence-electron chi connectivity index (χ2n) is 5.19. The second kappa shape index (κ2) is 4.66. The van der Waals surface area contributed by atoms with E-state index in [0.717, 1.165) is 17.6 Å². The number of likely N-dealkylation sites (tertiary alicyclic amines) is 1. The number of nitrogens with zero attached hydrogens (tertiary/aromatic N) is 2. The summed E-state index contributed by atoms with van der Waals surface area (Å²) in [7, 11) is 0. The molecule has 1 saturated heterocycles. The van der Waals surface area contributed by atoms with Crippen LogP contribution in [-0.4, -0.2) is 34.0 Å². The van der Waals surface area contributed by atoms with E-state index in [-0.39, 0.29) is 11.8 Å². The lowest BCUT2D eigenvalue weighted by Crippen LogP contribution is -2.23. The van der Waals surface area contributed by atoms with Crippen molar-refractivity contribution in [1.82, 2.24) is 9.88 Å². The molecular formula is C14H16N2O3. The molecule has 2 unspecified atom stereocenters. The number of rotatable bonds is 3. The lowest BCUT2D eigenvalue weighted by molar-refractivity contribution is -0.142. The molecule has 1 aliphatic rings. The molecule has 100 valence electrons. The molecule has 1 aromatic heterocycles. The van der Waals surface area contributed by atoms with Crippen molar-refractivity contribution in [1.29, 1.82) is 0 Å². The van der Waals surface area contributed by atoms with Crippen molar-refractivity contribution in [2.75, 3.05) is 13.1 Å².